The molecule has 1 aromatic heterocycles. The van der Waals surface area contributed by atoms with Gasteiger partial charge in [-0.2, -0.15) is 0 Å². The molecule has 1 N–H and O–H groups in total. The van der Waals surface area contributed by atoms with E-state index in [4.69, 9.17) is 9.84 Å². The maximum atomic E-state index is 10.6. The van der Waals surface area contributed by atoms with Crippen LogP contribution in [0.2, 0.25) is 0 Å². The van der Waals surface area contributed by atoms with E-state index < -0.39 is 5.97 Å². The maximum absolute atomic E-state index is 10.6. The molecule has 0 radical (unpaired) electrons. The average Bonchev–Trinajstić information content (AvgIpc) is 2.29. The normalized spacial score (nSPS) is 10.5. The van der Waals surface area contributed by atoms with Crippen molar-refractivity contribution in [3.8, 4) is 5.75 Å². The van der Waals surface area contributed by atoms with Crippen molar-refractivity contribution in [3.63, 3.8) is 0 Å². The lowest BCUT2D eigenvalue weighted by Gasteiger charge is -2.07. The van der Waals surface area contributed by atoms with Crippen molar-refractivity contribution in [2.75, 3.05) is 7.11 Å². The molecule has 2 rings (SSSR count). The van der Waals surface area contributed by atoms with Crippen LogP contribution in [0.25, 0.3) is 10.9 Å². The number of pyridine rings is 1. The number of carboxylic acids is 1. The Balaban J connectivity index is 2.54. The lowest BCUT2D eigenvalue weighted by Crippen LogP contribution is -2.02. The van der Waals surface area contributed by atoms with Crippen molar-refractivity contribution in [2.45, 2.75) is 13.3 Å². The van der Waals surface area contributed by atoms with Gasteiger partial charge in [-0.15, -0.1) is 0 Å². The third kappa shape index (κ3) is 2.36. The van der Waals surface area contributed by atoms with Gasteiger partial charge in [0.25, 0.3) is 0 Å². The molecule has 2 aromatic rings. The summed E-state index contributed by atoms with van der Waals surface area (Å²) in [6.07, 6.45) is -0.0542. The fourth-order valence-corrected chi connectivity index (χ4v) is 1.79. The highest BCUT2D eigenvalue weighted by molar-refractivity contribution is 5.84. The first-order valence-corrected chi connectivity index (χ1v) is 5.26. The van der Waals surface area contributed by atoms with Gasteiger partial charge in [0.1, 0.15) is 5.75 Å². The van der Waals surface area contributed by atoms with Gasteiger partial charge in [0.15, 0.2) is 0 Å². The zero-order valence-electron chi connectivity index (χ0n) is 9.73. The number of methoxy groups -OCH3 is 1. The predicted molar refractivity (Wildman–Crippen MR) is 64.4 cm³/mol. The van der Waals surface area contributed by atoms with Crippen LogP contribution < -0.4 is 4.74 Å². The number of carboxylic acid groups (broad SMARTS) is 1. The summed E-state index contributed by atoms with van der Waals surface area (Å²) in [5, 5.41) is 9.69. The SMILES string of the molecule is COc1cc(C)c2nc(CC(=O)O)ccc2c1. The van der Waals surface area contributed by atoms with Crippen LogP contribution in [-0.4, -0.2) is 23.2 Å². The second-order valence-electron chi connectivity index (χ2n) is 3.89. The lowest BCUT2D eigenvalue weighted by atomic mass is 10.1. The van der Waals surface area contributed by atoms with Crippen molar-refractivity contribution in [1.82, 2.24) is 4.98 Å². The molecule has 0 bridgehead atoms. The molecule has 0 unspecified atom stereocenters. The Labute approximate surface area is 98.9 Å². The number of nitrogens with zero attached hydrogens (tertiary/aromatic N) is 1. The molecular weight excluding hydrogens is 218 g/mol. The first-order valence-electron chi connectivity index (χ1n) is 5.26. The summed E-state index contributed by atoms with van der Waals surface area (Å²) in [6.45, 7) is 1.93. The van der Waals surface area contributed by atoms with Gasteiger partial charge in [-0.05, 0) is 30.7 Å². The van der Waals surface area contributed by atoms with Crippen LogP contribution in [0.1, 0.15) is 11.3 Å². The van der Waals surface area contributed by atoms with Gasteiger partial charge in [-0.1, -0.05) is 6.07 Å². The summed E-state index contributed by atoms with van der Waals surface area (Å²) in [7, 11) is 1.62. The third-order valence-corrected chi connectivity index (χ3v) is 2.58. The Kier molecular flexibility index (Phi) is 2.95. The van der Waals surface area contributed by atoms with Gasteiger partial charge in [0, 0.05) is 5.39 Å². The number of aryl methyl sites for hydroxylation is 1. The van der Waals surface area contributed by atoms with E-state index in [-0.39, 0.29) is 6.42 Å². The van der Waals surface area contributed by atoms with Crippen molar-refractivity contribution in [3.05, 3.63) is 35.5 Å². The molecule has 0 fully saturated rings. The van der Waals surface area contributed by atoms with Crippen LogP contribution in [0.3, 0.4) is 0 Å². The number of ether oxygens (including phenoxy) is 1. The van der Waals surface area contributed by atoms with E-state index in [1.807, 2.05) is 25.1 Å². The fraction of sp³-hybridized carbons (Fsp3) is 0.231. The summed E-state index contributed by atoms with van der Waals surface area (Å²) in [4.78, 5) is 15.0. The number of hydrogen-bond donors (Lipinski definition) is 1. The van der Waals surface area contributed by atoms with Gasteiger partial charge < -0.3 is 9.84 Å². The predicted octanol–water partition coefficient (Wildman–Crippen LogP) is 2.18. The fourth-order valence-electron chi connectivity index (χ4n) is 1.79. The third-order valence-electron chi connectivity index (χ3n) is 2.58. The summed E-state index contributed by atoms with van der Waals surface area (Å²) in [6, 6.07) is 7.38. The van der Waals surface area contributed by atoms with E-state index in [0.29, 0.717) is 5.69 Å². The van der Waals surface area contributed by atoms with Crippen molar-refractivity contribution in [2.24, 2.45) is 0 Å². The zero-order valence-corrected chi connectivity index (χ0v) is 9.73. The topological polar surface area (TPSA) is 59.4 Å². The van der Waals surface area contributed by atoms with Gasteiger partial charge in [0.2, 0.25) is 0 Å². The van der Waals surface area contributed by atoms with Crippen LogP contribution in [0.4, 0.5) is 0 Å². The van der Waals surface area contributed by atoms with Gasteiger partial charge in [-0.3, -0.25) is 9.78 Å². The molecule has 4 nitrogen and oxygen atoms in total. The monoisotopic (exact) mass is 231 g/mol. The lowest BCUT2D eigenvalue weighted by molar-refractivity contribution is -0.136. The van der Waals surface area contributed by atoms with E-state index in [1.165, 1.54) is 0 Å². The molecule has 0 aliphatic heterocycles. The van der Waals surface area contributed by atoms with Crippen molar-refractivity contribution < 1.29 is 14.6 Å². The molecule has 88 valence electrons. The zero-order chi connectivity index (χ0) is 12.4. The maximum Gasteiger partial charge on any atom is 0.309 e. The molecule has 0 spiro atoms. The highest BCUT2D eigenvalue weighted by atomic mass is 16.5. The minimum atomic E-state index is -0.872. The minimum absolute atomic E-state index is 0.0542. The van der Waals surface area contributed by atoms with Crippen LogP contribution in [0.15, 0.2) is 24.3 Å². The van der Waals surface area contributed by atoms with E-state index >= 15 is 0 Å². The van der Waals surface area contributed by atoms with Crippen LogP contribution in [0, 0.1) is 6.92 Å². The molecule has 0 atom stereocenters. The number of fused-ring (bicyclic) bond motifs is 1. The molecule has 0 aliphatic rings. The van der Waals surface area contributed by atoms with Crippen molar-refractivity contribution >= 4 is 16.9 Å². The van der Waals surface area contributed by atoms with E-state index in [1.54, 1.807) is 13.2 Å². The van der Waals surface area contributed by atoms with Crippen LogP contribution in [-0.2, 0) is 11.2 Å². The molecule has 4 heteroatoms. The molecule has 17 heavy (non-hydrogen) atoms. The number of hydrogen-bond acceptors (Lipinski definition) is 3. The summed E-state index contributed by atoms with van der Waals surface area (Å²) in [5.41, 5.74) is 2.37. The summed E-state index contributed by atoms with van der Waals surface area (Å²) < 4.78 is 5.18. The van der Waals surface area contributed by atoms with E-state index in [2.05, 4.69) is 4.98 Å². The average molecular weight is 231 g/mol. The van der Waals surface area contributed by atoms with Gasteiger partial charge >= 0.3 is 5.97 Å². The largest absolute Gasteiger partial charge is 0.497 e. The second kappa shape index (κ2) is 4.41. The Hall–Kier alpha value is -2.10. The Bertz CT molecular complexity index is 578. The second-order valence-corrected chi connectivity index (χ2v) is 3.89. The Morgan fingerprint density at radius 1 is 1.41 bits per heavy atom. The first kappa shape index (κ1) is 11.4. The van der Waals surface area contributed by atoms with Crippen LogP contribution >= 0.6 is 0 Å². The van der Waals surface area contributed by atoms with E-state index in [0.717, 1.165) is 22.2 Å². The molecular formula is C13H13NO3. The molecule has 0 saturated heterocycles. The highest BCUT2D eigenvalue weighted by Crippen LogP contribution is 2.23. The number of aliphatic carboxylic acids is 1. The molecule has 1 heterocycles. The molecule has 1 aromatic carbocycles. The van der Waals surface area contributed by atoms with Crippen molar-refractivity contribution in [1.29, 1.82) is 0 Å². The number of carbonyl (C=O) groups is 1. The molecule has 0 aliphatic carbocycles. The van der Waals surface area contributed by atoms with Gasteiger partial charge in [0.05, 0.1) is 24.7 Å². The standard InChI is InChI=1S/C13H13NO3/c1-8-5-11(17-2)6-9-3-4-10(7-12(15)16)14-13(8)9/h3-6H,7H2,1-2H3,(H,15,16). The highest BCUT2D eigenvalue weighted by Gasteiger charge is 2.06. The minimum Gasteiger partial charge on any atom is -0.497 e. The summed E-state index contributed by atoms with van der Waals surface area (Å²) in [5.74, 6) is -0.0919. The molecule has 0 amide bonds. The smallest absolute Gasteiger partial charge is 0.309 e. The Morgan fingerprint density at radius 2 is 2.18 bits per heavy atom. The van der Waals surface area contributed by atoms with E-state index in [9.17, 15) is 4.79 Å². The number of aromatic nitrogens is 1. The summed E-state index contributed by atoms with van der Waals surface area (Å²) >= 11 is 0. The van der Waals surface area contributed by atoms with Crippen LogP contribution in [0.5, 0.6) is 5.75 Å². The quantitative estimate of drug-likeness (QED) is 0.879. The number of benzene rings is 1. The molecule has 0 saturated carbocycles. The van der Waals surface area contributed by atoms with Gasteiger partial charge in [-0.25, -0.2) is 0 Å². The Morgan fingerprint density at radius 3 is 2.82 bits per heavy atom. The first-order chi connectivity index (χ1) is 8.10. The number of rotatable bonds is 3.